The van der Waals surface area contributed by atoms with Gasteiger partial charge < -0.3 is 10.6 Å². The van der Waals surface area contributed by atoms with Gasteiger partial charge in [0.25, 0.3) is 5.91 Å². The molecule has 0 aromatic heterocycles. The largest absolute Gasteiger partial charge is 0.360 e. The molecule has 5 heteroatoms. The number of anilines is 1. The SMILES string of the molecule is Cc1c(Cl)cccc1N/C=C(/C#N)C(=O)NC(C)(C)C. The van der Waals surface area contributed by atoms with E-state index in [1.54, 1.807) is 12.1 Å². The summed E-state index contributed by atoms with van der Waals surface area (Å²) in [5.41, 5.74) is 1.24. The number of amides is 1. The molecule has 0 spiro atoms. The van der Waals surface area contributed by atoms with Gasteiger partial charge >= 0.3 is 0 Å². The highest BCUT2D eigenvalue weighted by Gasteiger charge is 2.17. The van der Waals surface area contributed by atoms with Gasteiger partial charge in [-0.25, -0.2) is 0 Å². The summed E-state index contributed by atoms with van der Waals surface area (Å²) in [4.78, 5) is 11.9. The molecule has 2 N–H and O–H groups in total. The molecule has 0 fully saturated rings. The van der Waals surface area contributed by atoms with Crippen LogP contribution >= 0.6 is 11.6 Å². The number of nitriles is 1. The Morgan fingerprint density at radius 3 is 2.60 bits per heavy atom. The molecule has 0 saturated carbocycles. The molecule has 0 unspecified atom stereocenters. The van der Waals surface area contributed by atoms with E-state index in [2.05, 4.69) is 10.6 Å². The van der Waals surface area contributed by atoms with Crippen molar-refractivity contribution >= 4 is 23.2 Å². The molecule has 1 amide bonds. The first-order chi connectivity index (χ1) is 9.24. The van der Waals surface area contributed by atoms with Crippen LogP contribution in [0.15, 0.2) is 30.0 Å². The van der Waals surface area contributed by atoms with Crippen molar-refractivity contribution in [3.05, 3.63) is 40.6 Å². The Hall–Kier alpha value is -1.99. The van der Waals surface area contributed by atoms with E-state index in [0.29, 0.717) is 5.02 Å². The molecule has 20 heavy (non-hydrogen) atoms. The zero-order valence-electron chi connectivity index (χ0n) is 12.0. The molecule has 1 aromatic rings. The Bertz CT molecular complexity index is 580. The number of rotatable bonds is 3. The minimum absolute atomic E-state index is 0.0132. The van der Waals surface area contributed by atoms with Gasteiger partial charge in [-0.15, -0.1) is 0 Å². The van der Waals surface area contributed by atoms with Gasteiger partial charge in [0, 0.05) is 22.4 Å². The average molecular weight is 292 g/mol. The minimum Gasteiger partial charge on any atom is -0.360 e. The summed E-state index contributed by atoms with van der Waals surface area (Å²) in [6.45, 7) is 7.43. The highest BCUT2D eigenvalue weighted by atomic mass is 35.5. The molecule has 0 aliphatic heterocycles. The number of nitrogens with zero attached hydrogens (tertiary/aromatic N) is 1. The van der Waals surface area contributed by atoms with Crippen LogP contribution in [-0.4, -0.2) is 11.4 Å². The fourth-order valence-electron chi connectivity index (χ4n) is 1.47. The maximum atomic E-state index is 11.9. The third-order valence-corrected chi connectivity index (χ3v) is 2.90. The molecule has 106 valence electrons. The molecular formula is C15H18ClN3O. The van der Waals surface area contributed by atoms with Crippen molar-refractivity contribution in [3.63, 3.8) is 0 Å². The van der Waals surface area contributed by atoms with E-state index >= 15 is 0 Å². The summed E-state index contributed by atoms with van der Waals surface area (Å²) < 4.78 is 0. The molecule has 0 bridgehead atoms. The van der Waals surface area contributed by atoms with Gasteiger partial charge in [0.1, 0.15) is 11.6 Å². The Morgan fingerprint density at radius 2 is 2.05 bits per heavy atom. The Kier molecular flexibility index (Phi) is 5.18. The molecule has 0 heterocycles. The van der Waals surface area contributed by atoms with Gasteiger partial charge in [-0.2, -0.15) is 5.26 Å². The van der Waals surface area contributed by atoms with Gasteiger partial charge in [0.15, 0.2) is 0 Å². The quantitative estimate of drug-likeness (QED) is 0.663. The van der Waals surface area contributed by atoms with E-state index in [4.69, 9.17) is 16.9 Å². The number of carbonyl (C=O) groups excluding carboxylic acids is 1. The molecular weight excluding hydrogens is 274 g/mol. The van der Waals surface area contributed by atoms with E-state index < -0.39 is 5.91 Å². The maximum Gasteiger partial charge on any atom is 0.263 e. The topological polar surface area (TPSA) is 64.9 Å². The summed E-state index contributed by atoms with van der Waals surface area (Å²) in [5, 5.41) is 15.4. The predicted octanol–water partition coefficient (Wildman–Crippen LogP) is 3.38. The van der Waals surface area contributed by atoms with Crippen LogP contribution in [0.25, 0.3) is 0 Å². The Labute approximate surface area is 124 Å². The Morgan fingerprint density at radius 1 is 1.40 bits per heavy atom. The molecule has 0 atom stereocenters. The van der Waals surface area contributed by atoms with Crippen molar-refractivity contribution in [3.8, 4) is 6.07 Å². The van der Waals surface area contributed by atoms with Crippen LogP contribution in [0.5, 0.6) is 0 Å². The number of hydrogen-bond donors (Lipinski definition) is 2. The van der Waals surface area contributed by atoms with Gasteiger partial charge in [0.2, 0.25) is 0 Å². The molecule has 0 radical (unpaired) electrons. The zero-order chi connectivity index (χ0) is 15.3. The van der Waals surface area contributed by atoms with Crippen LogP contribution in [0, 0.1) is 18.3 Å². The van der Waals surface area contributed by atoms with Crippen molar-refractivity contribution < 1.29 is 4.79 Å². The normalized spacial score (nSPS) is 11.7. The van der Waals surface area contributed by atoms with Crippen molar-refractivity contribution in [2.75, 3.05) is 5.32 Å². The van der Waals surface area contributed by atoms with Crippen molar-refractivity contribution in [1.82, 2.24) is 5.32 Å². The lowest BCUT2D eigenvalue weighted by molar-refractivity contribution is -0.118. The highest BCUT2D eigenvalue weighted by Crippen LogP contribution is 2.23. The number of hydrogen-bond acceptors (Lipinski definition) is 3. The van der Waals surface area contributed by atoms with Crippen LogP contribution < -0.4 is 10.6 Å². The molecule has 1 rings (SSSR count). The first-order valence-corrected chi connectivity index (χ1v) is 6.57. The van der Waals surface area contributed by atoms with Crippen molar-refractivity contribution in [2.45, 2.75) is 33.2 Å². The monoisotopic (exact) mass is 291 g/mol. The van der Waals surface area contributed by atoms with Gasteiger partial charge in [-0.1, -0.05) is 17.7 Å². The number of carbonyl (C=O) groups is 1. The summed E-state index contributed by atoms with van der Waals surface area (Å²) in [6, 6.07) is 7.29. The standard InChI is InChI=1S/C15H18ClN3O/c1-10-12(16)6-5-7-13(10)18-9-11(8-17)14(20)19-15(2,3)4/h5-7,9,18H,1-4H3,(H,19,20)/b11-9-. The fourth-order valence-corrected chi connectivity index (χ4v) is 1.64. The molecule has 1 aromatic carbocycles. The van der Waals surface area contributed by atoms with Crippen LogP contribution in [-0.2, 0) is 4.79 Å². The van der Waals surface area contributed by atoms with Crippen molar-refractivity contribution in [1.29, 1.82) is 5.26 Å². The van der Waals surface area contributed by atoms with E-state index in [1.807, 2.05) is 39.8 Å². The maximum absolute atomic E-state index is 11.9. The predicted molar refractivity (Wildman–Crippen MR) is 81.4 cm³/mol. The smallest absolute Gasteiger partial charge is 0.263 e. The lowest BCUT2D eigenvalue weighted by atomic mass is 10.1. The lowest BCUT2D eigenvalue weighted by Crippen LogP contribution is -2.41. The van der Waals surface area contributed by atoms with Crippen LogP contribution in [0.1, 0.15) is 26.3 Å². The van der Waals surface area contributed by atoms with Crippen LogP contribution in [0.4, 0.5) is 5.69 Å². The second-order valence-corrected chi connectivity index (χ2v) is 5.84. The van der Waals surface area contributed by atoms with Gasteiger partial charge in [-0.05, 0) is 45.4 Å². The molecule has 0 saturated heterocycles. The summed E-state index contributed by atoms with van der Waals surface area (Å²) in [6.07, 6.45) is 1.39. The third-order valence-electron chi connectivity index (χ3n) is 2.49. The fraction of sp³-hybridized carbons (Fsp3) is 0.333. The summed E-state index contributed by atoms with van der Waals surface area (Å²) in [7, 11) is 0. The Balaban J connectivity index is 2.89. The number of halogens is 1. The second-order valence-electron chi connectivity index (χ2n) is 5.43. The van der Waals surface area contributed by atoms with E-state index in [-0.39, 0.29) is 11.1 Å². The summed E-state index contributed by atoms with van der Waals surface area (Å²) >= 11 is 6.01. The van der Waals surface area contributed by atoms with E-state index in [1.165, 1.54) is 6.20 Å². The average Bonchev–Trinajstić information content (AvgIpc) is 2.32. The summed E-state index contributed by atoms with van der Waals surface area (Å²) in [5.74, 6) is -0.410. The first kappa shape index (κ1) is 16.1. The highest BCUT2D eigenvalue weighted by molar-refractivity contribution is 6.31. The molecule has 0 aliphatic rings. The van der Waals surface area contributed by atoms with Crippen molar-refractivity contribution in [2.24, 2.45) is 0 Å². The van der Waals surface area contributed by atoms with Crippen LogP contribution in [0.3, 0.4) is 0 Å². The zero-order valence-corrected chi connectivity index (χ0v) is 12.8. The van der Waals surface area contributed by atoms with Crippen LogP contribution in [0.2, 0.25) is 5.02 Å². The number of benzene rings is 1. The molecule has 4 nitrogen and oxygen atoms in total. The van der Waals surface area contributed by atoms with E-state index in [0.717, 1.165) is 11.3 Å². The van der Waals surface area contributed by atoms with Gasteiger partial charge in [-0.3, -0.25) is 4.79 Å². The second kappa shape index (κ2) is 6.44. The lowest BCUT2D eigenvalue weighted by Gasteiger charge is -2.20. The third kappa shape index (κ3) is 4.60. The first-order valence-electron chi connectivity index (χ1n) is 6.19. The minimum atomic E-state index is -0.410. The number of nitrogens with one attached hydrogen (secondary N) is 2. The molecule has 0 aliphatic carbocycles. The van der Waals surface area contributed by atoms with Gasteiger partial charge in [0.05, 0.1) is 0 Å². The van der Waals surface area contributed by atoms with E-state index in [9.17, 15) is 4.79 Å².